The Hall–Kier alpha value is -2.87. The van der Waals surface area contributed by atoms with Gasteiger partial charge in [0, 0.05) is 35.8 Å². The monoisotopic (exact) mass is 443 g/mol. The Labute approximate surface area is 186 Å². The Bertz CT molecular complexity index is 1080. The Morgan fingerprint density at radius 3 is 2.50 bits per heavy atom. The highest BCUT2D eigenvalue weighted by molar-refractivity contribution is 5.93. The molecule has 0 aliphatic carbocycles. The first kappa shape index (κ1) is 22.3. The third-order valence-electron chi connectivity index (χ3n) is 6.31. The van der Waals surface area contributed by atoms with Crippen LogP contribution in [0.2, 0.25) is 0 Å². The molecule has 1 aromatic heterocycles. The Morgan fingerprint density at radius 2 is 1.81 bits per heavy atom. The Morgan fingerprint density at radius 1 is 1.09 bits per heavy atom. The zero-order valence-corrected chi connectivity index (χ0v) is 18.5. The molecule has 0 bridgehead atoms. The normalized spacial score (nSPS) is 16.2. The molecule has 0 amide bonds. The predicted octanol–water partition coefficient (Wildman–Crippen LogP) is 5.41. The van der Waals surface area contributed by atoms with Crippen LogP contribution in [-0.2, 0) is 0 Å². The van der Waals surface area contributed by atoms with Gasteiger partial charge < -0.3 is 15.1 Å². The Kier molecular flexibility index (Phi) is 6.50. The molecule has 0 spiro atoms. The van der Waals surface area contributed by atoms with Crippen molar-refractivity contribution < 1.29 is 13.2 Å². The van der Waals surface area contributed by atoms with Crippen LogP contribution in [0.5, 0.6) is 0 Å². The molecule has 8 heteroatoms. The molecular formula is C24H28F3N5. The largest absolute Gasteiger partial charge is 0.377 e. The molecule has 170 valence electrons. The third-order valence-corrected chi connectivity index (χ3v) is 6.31. The molecule has 4 rings (SSSR count). The van der Waals surface area contributed by atoms with Gasteiger partial charge in [0.25, 0.3) is 6.43 Å². The van der Waals surface area contributed by atoms with E-state index in [1.807, 2.05) is 12.1 Å². The van der Waals surface area contributed by atoms with E-state index in [4.69, 9.17) is 0 Å². The van der Waals surface area contributed by atoms with Crippen LogP contribution < -0.4 is 10.2 Å². The number of alkyl halides is 2. The van der Waals surface area contributed by atoms with Crippen molar-refractivity contribution in [3.8, 4) is 0 Å². The van der Waals surface area contributed by atoms with Crippen molar-refractivity contribution in [2.75, 3.05) is 37.4 Å². The van der Waals surface area contributed by atoms with Crippen LogP contribution in [0.1, 0.15) is 43.4 Å². The predicted molar refractivity (Wildman–Crippen MR) is 122 cm³/mol. The lowest BCUT2D eigenvalue weighted by molar-refractivity contribution is 0.146. The first-order valence-corrected chi connectivity index (χ1v) is 10.8. The molecule has 1 aliphatic heterocycles. The van der Waals surface area contributed by atoms with Crippen molar-refractivity contribution in [1.29, 1.82) is 0 Å². The van der Waals surface area contributed by atoms with Crippen LogP contribution in [0.3, 0.4) is 0 Å². The number of halogens is 3. The SMILES string of the molecule is C[C@@H](Nc1cnnc2ccc(N3CCC(N(C)C)CC3)cc12)c1cccc(C(F)F)c1F. The van der Waals surface area contributed by atoms with Crippen molar-refractivity contribution in [2.45, 2.75) is 38.3 Å². The molecule has 2 heterocycles. The molecular weight excluding hydrogens is 415 g/mol. The van der Waals surface area contributed by atoms with E-state index in [0.717, 1.165) is 48.6 Å². The number of anilines is 2. The second kappa shape index (κ2) is 9.32. The van der Waals surface area contributed by atoms with Gasteiger partial charge in [-0.3, -0.25) is 0 Å². The average molecular weight is 444 g/mol. The number of piperidine rings is 1. The van der Waals surface area contributed by atoms with Crippen molar-refractivity contribution in [2.24, 2.45) is 0 Å². The van der Waals surface area contributed by atoms with Gasteiger partial charge >= 0.3 is 0 Å². The number of nitrogens with zero attached hydrogens (tertiary/aromatic N) is 4. The Balaban J connectivity index is 1.60. The summed E-state index contributed by atoms with van der Waals surface area (Å²) in [6.07, 6.45) is 0.934. The molecule has 5 nitrogen and oxygen atoms in total. The lowest BCUT2D eigenvalue weighted by Gasteiger charge is -2.36. The quantitative estimate of drug-likeness (QED) is 0.552. The topological polar surface area (TPSA) is 44.3 Å². The minimum absolute atomic E-state index is 0.190. The molecule has 0 radical (unpaired) electrons. The van der Waals surface area contributed by atoms with Crippen LogP contribution in [0.4, 0.5) is 24.5 Å². The first-order valence-electron chi connectivity index (χ1n) is 10.8. The van der Waals surface area contributed by atoms with E-state index in [2.05, 4.69) is 45.5 Å². The fourth-order valence-electron chi connectivity index (χ4n) is 4.38. The lowest BCUT2D eigenvalue weighted by atomic mass is 10.0. The van der Waals surface area contributed by atoms with Gasteiger partial charge in [-0.2, -0.15) is 10.2 Å². The molecule has 2 aromatic carbocycles. The molecule has 0 unspecified atom stereocenters. The van der Waals surface area contributed by atoms with Crippen molar-refractivity contribution in [1.82, 2.24) is 15.1 Å². The van der Waals surface area contributed by atoms with Gasteiger partial charge in [-0.1, -0.05) is 18.2 Å². The van der Waals surface area contributed by atoms with E-state index < -0.39 is 23.8 Å². The van der Waals surface area contributed by atoms with Gasteiger partial charge in [-0.05, 0) is 52.1 Å². The number of rotatable bonds is 6. The summed E-state index contributed by atoms with van der Waals surface area (Å²) in [6.45, 7) is 3.69. The molecule has 0 saturated carbocycles. The number of nitrogens with one attached hydrogen (secondary N) is 1. The maximum atomic E-state index is 14.6. The van der Waals surface area contributed by atoms with Crippen LogP contribution in [0.15, 0.2) is 42.6 Å². The second-order valence-electron chi connectivity index (χ2n) is 8.56. The second-order valence-corrected chi connectivity index (χ2v) is 8.56. The first-order chi connectivity index (χ1) is 15.3. The summed E-state index contributed by atoms with van der Waals surface area (Å²) in [6, 6.07) is 10.2. The summed E-state index contributed by atoms with van der Waals surface area (Å²) in [4.78, 5) is 4.64. The maximum Gasteiger partial charge on any atom is 0.266 e. The minimum atomic E-state index is -2.86. The molecule has 1 aliphatic rings. The maximum absolute atomic E-state index is 14.6. The highest BCUT2D eigenvalue weighted by Crippen LogP contribution is 2.32. The van der Waals surface area contributed by atoms with Crippen LogP contribution >= 0.6 is 0 Å². The van der Waals surface area contributed by atoms with Gasteiger partial charge in [0.1, 0.15) is 5.82 Å². The van der Waals surface area contributed by atoms with Gasteiger partial charge in [0.2, 0.25) is 0 Å². The van der Waals surface area contributed by atoms with E-state index in [1.54, 1.807) is 13.1 Å². The fraction of sp³-hybridized carbons (Fsp3) is 0.417. The standard InChI is InChI=1S/C24H28F3N5/c1-15(18-5-4-6-19(23(18)25)24(26)27)29-22-14-28-30-21-8-7-17(13-20(21)22)32-11-9-16(10-12-32)31(2)3/h4-8,13-16,24H,9-12H2,1-3H3,(H,29,30)/t15-/m1/s1. The van der Waals surface area contributed by atoms with Gasteiger partial charge in [-0.25, -0.2) is 13.2 Å². The van der Waals surface area contributed by atoms with E-state index in [0.29, 0.717) is 11.7 Å². The number of hydrogen-bond acceptors (Lipinski definition) is 5. The van der Waals surface area contributed by atoms with E-state index >= 15 is 0 Å². The molecule has 1 saturated heterocycles. The number of hydrogen-bond donors (Lipinski definition) is 1. The zero-order valence-electron chi connectivity index (χ0n) is 18.5. The van der Waals surface area contributed by atoms with Gasteiger partial charge in [-0.15, -0.1) is 0 Å². The number of fused-ring (bicyclic) bond motifs is 1. The van der Waals surface area contributed by atoms with Crippen molar-refractivity contribution >= 4 is 22.3 Å². The van der Waals surface area contributed by atoms with Crippen molar-refractivity contribution in [3.05, 3.63) is 59.5 Å². The summed E-state index contributed by atoms with van der Waals surface area (Å²) in [5.74, 6) is -0.877. The van der Waals surface area contributed by atoms with E-state index in [9.17, 15) is 13.2 Å². The van der Waals surface area contributed by atoms with Crippen LogP contribution in [0, 0.1) is 5.82 Å². The summed E-state index contributed by atoms with van der Waals surface area (Å²) in [5.41, 5.74) is 2.11. The van der Waals surface area contributed by atoms with Gasteiger partial charge in [0.15, 0.2) is 0 Å². The lowest BCUT2D eigenvalue weighted by Crippen LogP contribution is -2.41. The van der Waals surface area contributed by atoms with E-state index in [-0.39, 0.29) is 5.56 Å². The summed E-state index contributed by atoms with van der Waals surface area (Å²) >= 11 is 0. The zero-order chi connectivity index (χ0) is 22.8. The highest BCUT2D eigenvalue weighted by atomic mass is 19.3. The number of benzene rings is 2. The van der Waals surface area contributed by atoms with Crippen molar-refractivity contribution in [3.63, 3.8) is 0 Å². The number of aromatic nitrogens is 2. The van der Waals surface area contributed by atoms with Crippen LogP contribution in [-0.4, -0.2) is 48.3 Å². The van der Waals surface area contributed by atoms with E-state index in [1.165, 1.54) is 12.1 Å². The fourth-order valence-corrected chi connectivity index (χ4v) is 4.38. The van der Waals surface area contributed by atoms with Crippen LogP contribution in [0.25, 0.3) is 10.9 Å². The molecule has 32 heavy (non-hydrogen) atoms. The summed E-state index contributed by atoms with van der Waals surface area (Å²) in [5, 5.41) is 12.4. The molecule has 1 fully saturated rings. The summed E-state index contributed by atoms with van der Waals surface area (Å²) < 4.78 is 40.8. The third kappa shape index (κ3) is 4.50. The molecule has 3 aromatic rings. The minimum Gasteiger partial charge on any atom is -0.377 e. The van der Waals surface area contributed by atoms with Gasteiger partial charge in [0.05, 0.1) is 29.0 Å². The average Bonchev–Trinajstić information content (AvgIpc) is 2.79. The highest BCUT2D eigenvalue weighted by Gasteiger charge is 2.22. The molecule has 1 N–H and O–H groups in total. The smallest absolute Gasteiger partial charge is 0.266 e. The summed E-state index contributed by atoms with van der Waals surface area (Å²) in [7, 11) is 4.24. The molecule has 1 atom stereocenters.